The number of fused-ring (bicyclic) bond motifs is 3. The Labute approximate surface area is 129 Å². The summed E-state index contributed by atoms with van der Waals surface area (Å²) in [6.45, 7) is 7.20. The van der Waals surface area contributed by atoms with Crippen LogP contribution in [0.1, 0.15) is 40.0 Å². The van der Waals surface area contributed by atoms with Crippen LogP contribution in [0.4, 0.5) is 5.13 Å². The summed E-state index contributed by atoms with van der Waals surface area (Å²) in [6.07, 6.45) is 3.76. The van der Waals surface area contributed by atoms with Gasteiger partial charge in [-0.2, -0.15) is 5.10 Å². The number of hydrazone groups is 1. The molecule has 1 aromatic carbocycles. The summed E-state index contributed by atoms with van der Waals surface area (Å²) in [5.74, 6) is 0.790. The van der Waals surface area contributed by atoms with E-state index in [0.717, 1.165) is 23.0 Å². The third-order valence-electron chi connectivity index (χ3n) is 6.09. The molecule has 2 aromatic rings. The Bertz CT molecular complexity index is 697. The minimum atomic E-state index is 0.251. The van der Waals surface area contributed by atoms with Crippen molar-refractivity contribution < 1.29 is 0 Å². The Hall–Kier alpha value is -1.42. The summed E-state index contributed by atoms with van der Waals surface area (Å²) in [4.78, 5) is 4.60. The van der Waals surface area contributed by atoms with Crippen molar-refractivity contribution in [2.75, 3.05) is 5.43 Å². The summed E-state index contributed by atoms with van der Waals surface area (Å²) in [6, 6.07) is 8.23. The van der Waals surface area contributed by atoms with Gasteiger partial charge in [-0.1, -0.05) is 44.2 Å². The van der Waals surface area contributed by atoms with Gasteiger partial charge in [0.15, 0.2) is 0 Å². The number of rotatable bonds is 2. The molecule has 2 aliphatic rings. The van der Waals surface area contributed by atoms with Crippen LogP contribution in [0.25, 0.3) is 10.2 Å². The van der Waals surface area contributed by atoms with Crippen LogP contribution in [0.2, 0.25) is 0 Å². The molecule has 1 N–H and O–H groups in total. The molecular weight excluding hydrogens is 278 g/mol. The van der Waals surface area contributed by atoms with Crippen LogP contribution in [0.5, 0.6) is 0 Å². The van der Waals surface area contributed by atoms with Gasteiger partial charge in [-0.25, -0.2) is 4.98 Å². The van der Waals surface area contributed by atoms with Gasteiger partial charge in [0.2, 0.25) is 5.13 Å². The monoisotopic (exact) mass is 299 g/mol. The van der Waals surface area contributed by atoms with Crippen molar-refractivity contribution >= 4 is 32.4 Å². The number of anilines is 1. The van der Waals surface area contributed by atoms with Gasteiger partial charge in [0.1, 0.15) is 0 Å². The minimum Gasteiger partial charge on any atom is -0.253 e. The molecule has 2 unspecified atom stereocenters. The van der Waals surface area contributed by atoms with Crippen molar-refractivity contribution in [3.63, 3.8) is 0 Å². The lowest BCUT2D eigenvalue weighted by Crippen LogP contribution is -2.32. The van der Waals surface area contributed by atoms with Crippen molar-refractivity contribution in [1.29, 1.82) is 0 Å². The first kappa shape index (κ1) is 13.3. The number of nitrogens with one attached hydrogen (secondary N) is 1. The quantitative estimate of drug-likeness (QED) is 0.800. The Balaban J connectivity index is 1.62. The molecule has 0 aliphatic heterocycles. The van der Waals surface area contributed by atoms with Crippen LogP contribution in [0.15, 0.2) is 29.4 Å². The lowest BCUT2D eigenvalue weighted by Gasteiger charge is -2.34. The smallest absolute Gasteiger partial charge is 0.204 e. The van der Waals surface area contributed by atoms with E-state index in [0.29, 0.717) is 5.41 Å². The predicted octanol–water partition coefficient (Wildman–Crippen LogP) is 4.91. The highest BCUT2D eigenvalue weighted by Crippen LogP contribution is 2.63. The number of nitrogens with zero attached hydrogens (tertiary/aromatic N) is 2. The lowest BCUT2D eigenvalue weighted by atomic mass is 9.70. The Morgan fingerprint density at radius 1 is 1.29 bits per heavy atom. The molecule has 2 aliphatic carbocycles. The fourth-order valence-corrected chi connectivity index (χ4v) is 4.94. The molecule has 2 bridgehead atoms. The highest BCUT2D eigenvalue weighted by Gasteiger charge is 2.59. The number of thiazole rings is 1. The van der Waals surface area contributed by atoms with Crippen LogP contribution >= 0.6 is 11.3 Å². The van der Waals surface area contributed by atoms with Crippen molar-refractivity contribution in [3.8, 4) is 0 Å². The zero-order valence-corrected chi connectivity index (χ0v) is 13.6. The second-order valence-electron chi connectivity index (χ2n) is 7.15. The molecule has 3 nitrogen and oxygen atoms in total. The molecule has 0 spiro atoms. The zero-order chi connectivity index (χ0) is 14.7. The second-order valence-corrected chi connectivity index (χ2v) is 8.18. The van der Waals surface area contributed by atoms with E-state index in [1.54, 1.807) is 11.3 Å². The van der Waals surface area contributed by atoms with Gasteiger partial charge >= 0.3 is 0 Å². The van der Waals surface area contributed by atoms with Crippen LogP contribution in [0, 0.1) is 16.7 Å². The van der Waals surface area contributed by atoms with Gasteiger partial charge in [-0.05, 0) is 42.7 Å². The summed E-state index contributed by atoms with van der Waals surface area (Å²) >= 11 is 1.67. The standard InChI is InChI=1S/C17H21N3S/c1-16(2)11-8-9-17(16,3)14(10-11)19-20-15-18-12-6-4-5-7-13(12)21-15/h4-7,11H,8-10H2,1-3H3,(H,18,20)/b19-14+. The van der Waals surface area contributed by atoms with Gasteiger partial charge in [0.05, 0.1) is 10.2 Å². The van der Waals surface area contributed by atoms with E-state index in [4.69, 9.17) is 5.10 Å². The van der Waals surface area contributed by atoms with Crippen molar-refractivity contribution in [3.05, 3.63) is 24.3 Å². The summed E-state index contributed by atoms with van der Waals surface area (Å²) < 4.78 is 1.21. The van der Waals surface area contributed by atoms with Crippen molar-refractivity contribution in [2.24, 2.45) is 21.8 Å². The molecule has 2 fully saturated rings. The molecule has 0 amide bonds. The average molecular weight is 299 g/mol. The first-order chi connectivity index (χ1) is 10.0. The van der Waals surface area contributed by atoms with E-state index in [9.17, 15) is 0 Å². The number of para-hydroxylation sites is 1. The van der Waals surface area contributed by atoms with E-state index in [1.165, 1.54) is 23.3 Å². The predicted molar refractivity (Wildman–Crippen MR) is 89.9 cm³/mol. The Morgan fingerprint density at radius 3 is 2.76 bits per heavy atom. The number of hydrogen-bond donors (Lipinski definition) is 1. The Kier molecular flexibility index (Phi) is 2.71. The fraction of sp³-hybridized carbons (Fsp3) is 0.529. The third kappa shape index (κ3) is 1.78. The first-order valence-corrected chi connectivity index (χ1v) is 8.51. The van der Waals surface area contributed by atoms with E-state index in [1.807, 2.05) is 12.1 Å². The highest BCUT2D eigenvalue weighted by atomic mass is 32.1. The van der Waals surface area contributed by atoms with E-state index >= 15 is 0 Å². The topological polar surface area (TPSA) is 37.3 Å². The maximum absolute atomic E-state index is 4.75. The van der Waals surface area contributed by atoms with Gasteiger partial charge in [-0.3, -0.25) is 5.43 Å². The Morgan fingerprint density at radius 2 is 2.10 bits per heavy atom. The largest absolute Gasteiger partial charge is 0.253 e. The van der Waals surface area contributed by atoms with Crippen molar-refractivity contribution in [1.82, 2.24) is 4.98 Å². The maximum atomic E-state index is 4.75. The van der Waals surface area contributed by atoms with Gasteiger partial charge in [0.25, 0.3) is 0 Å². The number of benzene rings is 1. The maximum Gasteiger partial charge on any atom is 0.204 e. The SMILES string of the molecule is CC12CCC(C/C1=N\Nc1nc3ccccc3s1)C2(C)C. The average Bonchev–Trinajstić information content (AvgIpc) is 3.02. The summed E-state index contributed by atoms with van der Waals surface area (Å²) in [7, 11) is 0. The molecule has 4 heteroatoms. The fourth-order valence-electron chi connectivity index (χ4n) is 4.13. The minimum absolute atomic E-state index is 0.251. The lowest BCUT2D eigenvalue weighted by molar-refractivity contribution is 0.194. The van der Waals surface area contributed by atoms with Crippen LogP contribution in [0.3, 0.4) is 0 Å². The van der Waals surface area contributed by atoms with Gasteiger partial charge in [-0.15, -0.1) is 0 Å². The number of hydrogen-bond acceptors (Lipinski definition) is 4. The normalized spacial score (nSPS) is 32.1. The molecule has 4 rings (SSSR count). The van der Waals surface area contributed by atoms with E-state index < -0.39 is 0 Å². The van der Waals surface area contributed by atoms with Crippen LogP contribution in [-0.2, 0) is 0 Å². The number of aromatic nitrogens is 1. The second kappa shape index (κ2) is 4.29. The van der Waals surface area contributed by atoms with Crippen molar-refractivity contribution in [2.45, 2.75) is 40.0 Å². The van der Waals surface area contributed by atoms with E-state index in [2.05, 4.69) is 43.3 Å². The molecular formula is C17H21N3S. The van der Waals surface area contributed by atoms with Crippen LogP contribution in [-0.4, -0.2) is 10.7 Å². The molecule has 2 atom stereocenters. The molecule has 2 saturated carbocycles. The summed E-state index contributed by atoms with van der Waals surface area (Å²) in [5.41, 5.74) is 6.23. The third-order valence-corrected chi connectivity index (χ3v) is 7.03. The summed E-state index contributed by atoms with van der Waals surface area (Å²) in [5, 5.41) is 5.65. The van der Waals surface area contributed by atoms with Gasteiger partial charge < -0.3 is 0 Å². The van der Waals surface area contributed by atoms with Gasteiger partial charge in [0, 0.05) is 11.1 Å². The zero-order valence-electron chi connectivity index (χ0n) is 12.8. The first-order valence-electron chi connectivity index (χ1n) is 7.69. The van der Waals surface area contributed by atoms with Crippen LogP contribution < -0.4 is 5.43 Å². The molecule has 0 radical (unpaired) electrons. The molecule has 110 valence electrons. The molecule has 0 saturated heterocycles. The molecule has 21 heavy (non-hydrogen) atoms. The molecule has 1 heterocycles. The molecule has 1 aromatic heterocycles. The van der Waals surface area contributed by atoms with E-state index in [-0.39, 0.29) is 5.41 Å². The highest BCUT2D eigenvalue weighted by molar-refractivity contribution is 7.22.